The van der Waals surface area contributed by atoms with E-state index in [1.54, 1.807) is 6.08 Å². The third-order valence-electron chi connectivity index (χ3n) is 6.04. The van der Waals surface area contributed by atoms with Gasteiger partial charge in [-0.1, -0.05) is 37.6 Å². The molecule has 30 heavy (non-hydrogen) atoms. The average molecular weight is 422 g/mol. The van der Waals surface area contributed by atoms with Crippen molar-refractivity contribution in [1.29, 1.82) is 5.26 Å². The summed E-state index contributed by atoms with van der Waals surface area (Å²) in [5.74, 6) is -0.0890. The molecule has 0 bridgehead atoms. The van der Waals surface area contributed by atoms with E-state index in [2.05, 4.69) is 45.0 Å². The second-order valence-electron chi connectivity index (χ2n) is 8.58. The van der Waals surface area contributed by atoms with Gasteiger partial charge < -0.3 is 10.2 Å². The number of halogens is 1. The van der Waals surface area contributed by atoms with Crippen LogP contribution < -0.4 is 10.2 Å². The van der Waals surface area contributed by atoms with Crippen LogP contribution in [-0.4, -0.2) is 18.5 Å². The maximum absolute atomic E-state index is 12.7. The van der Waals surface area contributed by atoms with Gasteiger partial charge in [-0.15, -0.1) is 0 Å². The van der Waals surface area contributed by atoms with Crippen molar-refractivity contribution in [3.05, 3.63) is 63.7 Å². The van der Waals surface area contributed by atoms with Crippen molar-refractivity contribution in [2.75, 3.05) is 17.3 Å². The van der Waals surface area contributed by atoms with E-state index in [1.807, 2.05) is 42.5 Å². The summed E-state index contributed by atoms with van der Waals surface area (Å²) in [6.07, 6.45) is 3.52. The largest absolute Gasteiger partial charge is 0.369 e. The Kier molecular flexibility index (Phi) is 6.24. The Morgan fingerprint density at radius 3 is 2.60 bits per heavy atom. The van der Waals surface area contributed by atoms with Crippen molar-refractivity contribution >= 4 is 35.0 Å². The van der Waals surface area contributed by atoms with Crippen LogP contribution in [0.15, 0.2) is 42.0 Å². The molecule has 5 heteroatoms. The molecule has 1 N–H and O–H groups in total. The second-order valence-corrected chi connectivity index (χ2v) is 8.99. The first-order valence-corrected chi connectivity index (χ1v) is 10.6. The van der Waals surface area contributed by atoms with Gasteiger partial charge in [0.05, 0.1) is 0 Å². The third kappa shape index (κ3) is 4.37. The first-order valence-electron chi connectivity index (χ1n) is 10.3. The zero-order valence-corrected chi connectivity index (χ0v) is 19.0. The van der Waals surface area contributed by atoms with E-state index < -0.39 is 5.91 Å². The third-order valence-corrected chi connectivity index (χ3v) is 6.36. The number of carbonyl (C=O) groups is 1. The molecule has 0 aliphatic carbocycles. The molecule has 3 rings (SSSR count). The molecule has 0 fully saturated rings. The van der Waals surface area contributed by atoms with E-state index in [-0.39, 0.29) is 11.1 Å². The normalized spacial score (nSPS) is 17.8. The number of benzene rings is 2. The molecule has 1 amide bonds. The molecule has 2 aromatic rings. The van der Waals surface area contributed by atoms with Crippen molar-refractivity contribution in [1.82, 2.24) is 0 Å². The fourth-order valence-corrected chi connectivity index (χ4v) is 4.25. The summed E-state index contributed by atoms with van der Waals surface area (Å²) in [4.78, 5) is 14.9. The highest BCUT2D eigenvalue weighted by Crippen LogP contribution is 2.44. The zero-order chi connectivity index (χ0) is 22.1. The van der Waals surface area contributed by atoms with E-state index in [9.17, 15) is 10.1 Å². The van der Waals surface area contributed by atoms with E-state index in [0.29, 0.717) is 22.2 Å². The van der Waals surface area contributed by atoms with Gasteiger partial charge in [0, 0.05) is 29.0 Å². The molecule has 156 valence electrons. The van der Waals surface area contributed by atoms with Gasteiger partial charge in [0.25, 0.3) is 5.91 Å². The Morgan fingerprint density at radius 1 is 1.33 bits per heavy atom. The van der Waals surface area contributed by atoms with Crippen molar-refractivity contribution in [2.45, 2.75) is 52.0 Å². The quantitative estimate of drug-likeness (QED) is 0.474. The standard InChI is InChI=1S/C25H28ClN3O/c1-6-17-7-9-20(10-8-17)28-24(30)19(15-27)11-18-12-21-16(2)14-25(3,4)29(5)23(21)13-22(18)26/h7-13,16H,6,14H2,1-5H3,(H,28,30)/b19-11-. The van der Waals surface area contributed by atoms with Crippen LogP contribution in [0.4, 0.5) is 11.4 Å². The van der Waals surface area contributed by atoms with E-state index in [4.69, 9.17) is 11.6 Å². The number of hydrogen-bond acceptors (Lipinski definition) is 3. The van der Waals surface area contributed by atoms with Crippen LogP contribution in [0.3, 0.4) is 0 Å². The Labute approximate surface area is 184 Å². The lowest BCUT2D eigenvalue weighted by Crippen LogP contribution is -2.45. The van der Waals surface area contributed by atoms with Gasteiger partial charge in [-0.05, 0) is 79.6 Å². The molecular formula is C25H28ClN3O. The van der Waals surface area contributed by atoms with Crippen LogP contribution in [0.2, 0.25) is 5.02 Å². The van der Waals surface area contributed by atoms with E-state index in [0.717, 1.165) is 18.5 Å². The van der Waals surface area contributed by atoms with Gasteiger partial charge in [0.1, 0.15) is 11.6 Å². The van der Waals surface area contributed by atoms with Crippen molar-refractivity contribution in [3.8, 4) is 6.07 Å². The van der Waals surface area contributed by atoms with Gasteiger partial charge in [0.2, 0.25) is 0 Å². The SMILES string of the molecule is CCc1ccc(NC(=O)/C(C#N)=C\c2cc3c(cc2Cl)N(C)C(C)(C)CC3C)cc1. The van der Waals surface area contributed by atoms with E-state index >= 15 is 0 Å². The van der Waals surface area contributed by atoms with Crippen LogP contribution >= 0.6 is 11.6 Å². The topological polar surface area (TPSA) is 56.1 Å². The zero-order valence-electron chi connectivity index (χ0n) is 18.2. The van der Waals surface area contributed by atoms with Gasteiger partial charge in [-0.3, -0.25) is 4.79 Å². The number of hydrogen-bond donors (Lipinski definition) is 1. The predicted molar refractivity (Wildman–Crippen MR) is 125 cm³/mol. The lowest BCUT2D eigenvalue weighted by atomic mass is 9.80. The number of nitriles is 1. The molecule has 0 aromatic heterocycles. The summed E-state index contributed by atoms with van der Waals surface area (Å²) in [6.45, 7) is 8.72. The number of aryl methyl sites for hydroxylation is 1. The van der Waals surface area contributed by atoms with Crippen LogP contribution in [0.25, 0.3) is 6.08 Å². The van der Waals surface area contributed by atoms with Gasteiger partial charge >= 0.3 is 0 Å². The average Bonchev–Trinajstić information content (AvgIpc) is 2.71. The predicted octanol–water partition coefficient (Wildman–Crippen LogP) is 6.17. The lowest BCUT2D eigenvalue weighted by molar-refractivity contribution is -0.112. The van der Waals surface area contributed by atoms with Crippen molar-refractivity contribution in [2.24, 2.45) is 0 Å². The number of rotatable bonds is 4. The first kappa shape index (κ1) is 21.9. The Bertz CT molecular complexity index is 1030. The minimum Gasteiger partial charge on any atom is -0.369 e. The highest BCUT2D eigenvalue weighted by molar-refractivity contribution is 6.32. The summed E-state index contributed by atoms with van der Waals surface area (Å²) >= 11 is 6.55. The number of nitrogens with zero attached hydrogens (tertiary/aromatic N) is 2. The molecule has 1 heterocycles. The Balaban J connectivity index is 1.91. The summed E-state index contributed by atoms with van der Waals surface area (Å²) in [6, 6.07) is 13.6. The Hall–Kier alpha value is -2.77. The Morgan fingerprint density at radius 2 is 2.00 bits per heavy atom. The van der Waals surface area contributed by atoms with E-state index in [1.165, 1.54) is 11.1 Å². The monoisotopic (exact) mass is 421 g/mol. The summed E-state index contributed by atoms with van der Waals surface area (Å²) < 4.78 is 0. The summed E-state index contributed by atoms with van der Waals surface area (Å²) in [7, 11) is 2.08. The lowest BCUT2D eigenvalue weighted by Gasteiger charge is -2.45. The van der Waals surface area contributed by atoms with Gasteiger partial charge in [-0.2, -0.15) is 5.26 Å². The smallest absolute Gasteiger partial charge is 0.266 e. The number of nitrogens with one attached hydrogen (secondary N) is 1. The molecule has 1 aliphatic heterocycles. The molecule has 2 aromatic carbocycles. The highest BCUT2D eigenvalue weighted by Gasteiger charge is 2.34. The van der Waals surface area contributed by atoms with Crippen molar-refractivity contribution < 1.29 is 4.79 Å². The molecule has 0 radical (unpaired) electrons. The number of amides is 1. The van der Waals surface area contributed by atoms with Gasteiger partial charge in [0.15, 0.2) is 0 Å². The maximum Gasteiger partial charge on any atom is 0.266 e. The van der Waals surface area contributed by atoms with Crippen LogP contribution in [0, 0.1) is 11.3 Å². The minimum atomic E-state index is -0.443. The molecular weight excluding hydrogens is 394 g/mol. The van der Waals surface area contributed by atoms with Crippen molar-refractivity contribution in [3.63, 3.8) is 0 Å². The van der Waals surface area contributed by atoms with Gasteiger partial charge in [-0.25, -0.2) is 0 Å². The molecule has 1 aliphatic rings. The number of carbonyl (C=O) groups excluding carboxylic acids is 1. The highest BCUT2D eigenvalue weighted by atomic mass is 35.5. The van der Waals surface area contributed by atoms with Crippen LogP contribution in [-0.2, 0) is 11.2 Å². The van der Waals surface area contributed by atoms with Crippen LogP contribution in [0.5, 0.6) is 0 Å². The molecule has 1 unspecified atom stereocenters. The minimum absolute atomic E-state index is 0.0218. The molecule has 0 saturated heterocycles. The molecule has 0 spiro atoms. The number of fused-ring (bicyclic) bond motifs is 1. The summed E-state index contributed by atoms with van der Waals surface area (Å²) in [5, 5.41) is 12.9. The first-order chi connectivity index (χ1) is 14.2. The van der Waals surface area contributed by atoms with Crippen LogP contribution in [0.1, 0.15) is 56.7 Å². The second kappa shape index (κ2) is 8.53. The summed E-state index contributed by atoms with van der Waals surface area (Å²) in [5.41, 5.74) is 4.87. The maximum atomic E-state index is 12.7. The fourth-order valence-electron chi connectivity index (χ4n) is 4.04. The molecule has 0 saturated carbocycles. The number of anilines is 2. The molecule has 4 nitrogen and oxygen atoms in total. The fraction of sp³-hybridized carbons (Fsp3) is 0.360. The molecule has 1 atom stereocenters.